The molecular weight excluding hydrogens is 405 g/mol. The van der Waals surface area contributed by atoms with E-state index in [1.165, 1.54) is 58.5 Å². The Kier molecular flexibility index (Phi) is 25.1. The van der Waals surface area contributed by atoms with Crippen molar-refractivity contribution in [2.24, 2.45) is 5.73 Å². The van der Waals surface area contributed by atoms with Crippen molar-refractivity contribution in [3.8, 4) is 0 Å². The van der Waals surface area contributed by atoms with Gasteiger partial charge in [0.2, 0.25) is 0 Å². The molecule has 6 nitrogen and oxygen atoms in total. The third-order valence-electron chi connectivity index (χ3n) is 5.03. The molecular formula is C24H44NNaO5. The van der Waals surface area contributed by atoms with Crippen LogP contribution < -0.4 is 5.73 Å². The van der Waals surface area contributed by atoms with Gasteiger partial charge in [-0.1, -0.05) is 70.4 Å². The third-order valence-corrected chi connectivity index (χ3v) is 5.03. The van der Waals surface area contributed by atoms with Crippen molar-refractivity contribution >= 4 is 47.5 Å². The van der Waals surface area contributed by atoms with Crippen LogP contribution in [0.15, 0.2) is 12.2 Å². The number of unbranched alkanes of at least 4 members (excludes halogenated alkanes) is 11. The fourth-order valence-corrected chi connectivity index (χ4v) is 3.11. The van der Waals surface area contributed by atoms with Gasteiger partial charge in [0.1, 0.15) is 6.04 Å². The molecule has 0 aliphatic carbocycles. The van der Waals surface area contributed by atoms with Crippen molar-refractivity contribution in [1.82, 2.24) is 0 Å². The topological polar surface area (TPSA) is 95.7 Å². The van der Waals surface area contributed by atoms with Gasteiger partial charge in [0.25, 0.3) is 0 Å². The number of rotatable bonds is 19. The molecule has 7 heteroatoms. The predicted octanol–water partition coefficient (Wildman–Crippen LogP) is 4.73. The van der Waals surface area contributed by atoms with E-state index in [0.717, 1.165) is 32.1 Å². The van der Waals surface area contributed by atoms with Crippen LogP contribution in [0.5, 0.6) is 0 Å². The predicted molar refractivity (Wildman–Crippen MR) is 127 cm³/mol. The van der Waals surface area contributed by atoms with E-state index in [1.807, 2.05) is 0 Å². The number of nitrogens with two attached hydrogens (primary N) is 1. The molecule has 1 atom stereocenters. The number of methoxy groups -OCH3 is 1. The van der Waals surface area contributed by atoms with Gasteiger partial charge in [-0.2, -0.15) is 0 Å². The fourth-order valence-electron chi connectivity index (χ4n) is 3.11. The van der Waals surface area contributed by atoms with Gasteiger partial charge in [0.05, 0.1) is 7.11 Å². The summed E-state index contributed by atoms with van der Waals surface area (Å²) in [6, 6.07) is -0.872. The average molecular weight is 450 g/mol. The number of hydrogen-bond donors (Lipinski definition) is 1. The Hall–Kier alpha value is -0.690. The molecule has 0 radical (unpaired) electrons. The van der Waals surface area contributed by atoms with E-state index in [4.69, 9.17) is 10.5 Å². The number of allylic oxidation sites excluding steroid dienone is 2. The van der Waals surface area contributed by atoms with Gasteiger partial charge in [-0.15, -0.1) is 0 Å². The first kappa shape index (κ1) is 32.5. The van der Waals surface area contributed by atoms with Crippen LogP contribution >= 0.6 is 0 Å². The summed E-state index contributed by atoms with van der Waals surface area (Å²) in [4.78, 5) is 34.4. The zero-order valence-electron chi connectivity index (χ0n) is 19.2. The first-order valence-corrected chi connectivity index (χ1v) is 11.7. The summed E-state index contributed by atoms with van der Waals surface area (Å²) in [6.07, 6.45) is 20.4. The van der Waals surface area contributed by atoms with Crippen LogP contribution in [-0.2, 0) is 23.9 Å². The van der Waals surface area contributed by atoms with E-state index in [1.54, 1.807) is 0 Å². The summed E-state index contributed by atoms with van der Waals surface area (Å²) in [5.74, 6) is -1.74. The first-order chi connectivity index (χ1) is 14.5. The first-order valence-electron chi connectivity index (χ1n) is 11.7. The molecule has 0 saturated heterocycles. The average Bonchev–Trinajstić information content (AvgIpc) is 2.74. The summed E-state index contributed by atoms with van der Waals surface area (Å²) in [5.41, 5.74) is 5.53. The Morgan fingerprint density at radius 2 is 1.26 bits per heavy atom. The molecule has 31 heavy (non-hydrogen) atoms. The normalized spacial score (nSPS) is 11.7. The fraction of sp³-hybridized carbons (Fsp3) is 0.792. The molecule has 0 heterocycles. The molecule has 0 bridgehead atoms. The van der Waals surface area contributed by atoms with Crippen molar-refractivity contribution in [3.05, 3.63) is 12.2 Å². The third kappa shape index (κ3) is 22.3. The van der Waals surface area contributed by atoms with E-state index in [0.29, 0.717) is 0 Å². The van der Waals surface area contributed by atoms with Crippen LogP contribution in [0.1, 0.15) is 110 Å². The Bertz CT molecular complexity index is 496. The van der Waals surface area contributed by atoms with Gasteiger partial charge in [-0.05, 0) is 38.5 Å². The Morgan fingerprint density at radius 1 is 0.774 bits per heavy atom. The standard InChI is InChI=1S/C24H43NO5.Na.H/c1-3-4-5-6-7-8-9-10-11-12-13-14-15-16-17-18-22(26)30-23(27)20-19-21(25)24(28)29-2;;/h10-11,21H,3-9,12-20,25H2,1-2H3;;/b11-10-;;. The van der Waals surface area contributed by atoms with Gasteiger partial charge in [-0.25, -0.2) is 0 Å². The van der Waals surface area contributed by atoms with Crippen molar-refractivity contribution in [2.75, 3.05) is 7.11 Å². The summed E-state index contributed by atoms with van der Waals surface area (Å²) >= 11 is 0. The van der Waals surface area contributed by atoms with Crippen molar-refractivity contribution < 1.29 is 23.9 Å². The Morgan fingerprint density at radius 3 is 1.81 bits per heavy atom. The van der Waals surface area contributed by atoms with Crippen molar-refractivity contribution in [3.63, 3.8) is 0 Å². The summed E-state index contributed by atoms with van der Waals surface area (Å²) in [6.45, 7) is 2.25. The second kappa shape index (κ2) is 24.0. The van der Waals surface area contributed by atoms with Gasteiger partial charge in [0, 0.05) is 12.8 Å². The SMILES string of the molecule is CCCCCCCC/C=C\CCCCCCCC(=O)OC(=O)CCC(N)C(=O)OC.[NaH]. The molecule has 0 rings (SSSR count). The molecule has 0 aliphatic rings. The minimum atomic E-state index is -0.872. The molecule has 0 aromatic carbocycles. The summed E-state index contributed by atoms with van der Waals surface area (Å²) < 4.78 is 9.21. The second-order valence-electron chi connectivity index (χ2n) is 7.85. The van der Waals surface area contributed by atoms with Crippen LogP contribution in [-0.4, -0.2) is 60.6 Å². The molecule has 0 fully saturated rings. The maximum absolute atomic E-state index is 11.6. The molecule has 0 amide bonds. The van der Waals surface area contributed by atoms with E-state index in [9.17, 15) is 14.4 Å². The zero-order valence-corrected chi connectivity index (χ0v) is 19.2. The Balaban J connectivity index is 0. The monoisotopic (exact) mass is 449 g/mol. The number of ether oxygens (including phenoxy) is 2. The number of carbonyl (C=O) groups is 3. The van der Waals surface area contributed by atoms with Crippen LogP contribution in [0.4, 0.5) is 0 Å². The van der Waals surface area contributed by atoms with Crippen LogP contribution in [0.3, 0.4) is 0 Å². The molecule has 0 aliphatic heterocycles. The van der Waals surface area contributed by atoms with E-state index >= 15 is 0 Å². The van der Waals surface area contributed by atoms with Gasteiger partial charge < -0.3 is 15.2 Å². The second-order valence-corrected chi connectivity index (χ2v) is 7.85. The number of hydrogen-bond acceptors (Lipinski definition) is 6. The van der Waals surface area contributed by atoms with Crippen molar-refractivity contribution in [2.45, 2.75) is 116 Å². The van der Waals surface area contributed by atoms with Crippen molar-refractivity contribution in [1.29, 1.82) is 0 Å². The molecule has 0 saturated carbocycles. The Labute approximate surface area is 211 Å². The zero-order chi connectivity index (χ0) is 22.5. The van der Waals surface area contributed by atoms with Gasteiger partial charge in [0.15, 0.2) is 0 Å². The van der Waals surface area contributed by atoms with E-state index in [-0.39, 0.29) is 48.8 Å². The van der Waals surface area contributed by atoms with Gasteiger partial charge in [-0.3, -0.25) is 14.4 Å². The minimum absolute atomic E-state index is 0. The van der Waals surface area contributed by atoms with Gasteiger partial charge >= 0.3 is 47.5 Å². The number of carbonyl (C=O) groups excluding carboxylic acids is 3. The molecule has 0 spiro atoms. The number of esters is 3. The summed E-state index contributed by atoms with van der Waals surface area (Å²) in [5, 5.41) is 0. The summed E-state index contributed by atoms with van der Waals surface area (Å²) in [7, 11) is 1.23. The molecule has 1 unspecified atom stereocenters. The quantitative estimate of drug-likeness (QED) is 0.101. The molecule has 176 valence electrons. The van der Waals surface area contributed by atoms with E-state index < -0.39 is 23.9 Å². The van der Waals surface area contributed by atoms with E-state index in [2.05, 4.69) is 23.8 Å². The van der Waals surface area contributed by atoms with Crippen LogP contribution in [0.25, 0.3) is 0 Å². The molecule has 0 aromatic heterocycles. The van der Waals surface area contributed by atoms with Crippen LogP contribution in [0, 0.1) is 0 Å². The molecule has 2 N–H and O–H groups in total. The molecule has 0 aromatic rings. The van der Waals surface area contributed by atoms with Crippen LogP contribution in [0.2, 0.25) is 0 Å². The maximum atomic E-state index is 11.6.